The molecule has 0 unspecified atom stereocenters. The first-order valence-corrected chi connectivity index (χ1v) is 8.39. The SMILES string of the molecule is CCOC(=O)c1cc2c(Nc3cc(Cl)cc(OC)c3)ccc([N+](=O)[O-])c2[nH]1. The van der Waals surface area contributed by atoms with Gasteiger partial charge in [-0.2, -0.15) is 0 Å². The number of esters is 1. The number of H-pyrrole nitrogens is 1. The second-order valence-corrected chi connectivity index (χ2v) is 6.02. The van der Waals surface area contributed by atoms with Crippen LogP contribution in [0.15, 0.2) is 36.4 Å². The summed E-state index contributed by atoms with van der Waals surface area (Å²) >= 11 is 6.08. The molecule has 1 heterocycles. The second kappa shape index (κ2) is 7.55. The second-order valence-electron chi connectivity index (χ2n) is 5.59. The lowest BCUT2D eigenvalue weighted by atomic mass is 10.1. The number of anilines is 2. The summed E-state index contributed by atoms with van der Waals surface area (Å²) in [4.78, 5) is 25.6. The number of carbonyl (C=O) groups is 1. The van der Waals surface area contributed by atoms with Gasteiger partial charge >= 0.3 is 5.97 Å². The Kier molecular flexibility index (Phi) is 5.18. The van der Waals surface area contributed by atoms with Gasteiger partial charge in [-0.3, -0.25) is 10.1 Å². The minimum absolute atomic E-state index is 0.132. The zero-order chi connectivity index (χ0) is 19.6. The van der Waals surface area contributed by atoms with Gasteiger partial charge in [-0.1, -0.05) is 11.6 Å². The lowest BCUT2D eigenvalue weighted by Crippen LogP contribution is -2.04. The molecule has 0 radical (unpaired) electrons. The van der Waals surface area contributed by atoms with Crippen LogP contribution in [0.25, 0.3) is 10.9 Å². The van der Waals surface area contributed by atoms with Gasteiger partial charge in [0, 0.05) is 33.9 Å². The summed E-state index contributed by atoms with van der Waals surface area (Å²) < 4.78 is 10.2. The highest BCUT2D eigenvalue weighted by molar-refractivity contribution is 6.31. The molecule has 0 aliphatic carbocycles. The Labute approximate surface area is 159 Å². The number of nitrogens with one attached hydrogen (secondary N) is 2. The van der Waals surface area contributed by atoms with Crippen molar-refractivity contribution in [1.82, 2.24) is 4.98 Å². The number of nitro benzene ring substituents is 1. The summed E-state index contributed by atoms with van der Waals surface area (Å²) in [5.74, 6) is -0.0252. The number of aromatic amines is 1. The van der Waals surface area contributed by atoms with E-state index >= 15 is 0 Å². The van der Waals surface area contributed by atoms with E-state index in [4.69, 9.17) is 21.1 Å². The van der Waals surface area contributed by atoms with Crippen LogP contribution in [0.1, 0.15) is 17.4 Å². The Bertz CT molecular complexity index is 1030. The Balaban J connectivity index is 2.10. The number of benzene rings is 2. The summed E-state index contributed by atoms with van der Waals surface area (Å²) in [5.41, 5.74) is 1.41. The number of hydrogen-bond acceptors (Lipinski definition) is 6. The molecule has 0 saturated carbocycles. The van der Waals surface area contributed by atoms with Crippen LogP contribution in [0.2, 0.25) is 5.02 Å². The predicted octanol–water partition coefficient (Wildman–Crippen LogP) is 4.66. The fraction of sp³-hybridized carbons (Fsp3) is 0.167. The maximum atomic E-state index is 12.0. The van der Waals surface area contributed by atoms with Crippen LogP contribution < -0.4 is 10.1 Å². The molecule has 0 amide bonds. The summed E-state index contributed by atoms with van der Waals surface area (Å²) in [6.45, 7) is 1.88. The number of methoxy groups -OCH3 is 1. The van der Waals surface area contributed by atoms with E-state index in [0.29, 0.717) is 27.5 Å². The molecule has 0 spiro atoms. The molecular formula is C18H16ClN3O5. The first-order valence-electron chi connectivity index (χ1n) is 8.01. The molecule has 3 rings (SSSR count). The predicted molar refractivity (Wildman–Crippen MR) is 102 cm³/mol. The molecule has 9 heteroatoms. The van der Waals surface area contributed by atoms with Crippen molar-refractivity contribution in [2.24, 2.45) is 0 Å². The third-order valence-electron chi connectivity index (χ3n) is 3.85. The molecule has 0 bridgehead atoms. The van der Waals surface area contributed by atoms with E-state index in [-0.39, 0.29) is 23.5 Å². The van der Waals surface area contributed by atoms with Crippen LogP contribution in [-0.4, -0.2) is 29.6 Å². The number of ether oxygens (including phenoxy) is 2. The van der Waals surface area contributed by atoms with E-state index in [1.807, 2.05) is 0 Å². The molecule has 1 aromatic heterocycles. The Morgan fingerprint density at radius 1 is 1.30 bits per heavy atom. The van der Waals surface area contributed by atoms with Crippen LogP contribution in [-0.2, 0) is 4.74 Å². The van der Waals surface area contributed by atoms with Crippen molar-refractivity contribution in [1.29, 1.82) is 0 Å². The number of rotatable bonds is 6. The van der Waals surface area contributed by atoms with Gasteiger partial charge < -0.3 is 19.8 Å². The van der Waals surface area contributed by atoms with Gasteiger partial charge in [0.25, 0.3) is 5.69 Å². The Hall–Kier alpha value is -3.26. The number of hydrogen-bond donors (Lipinski definition) is 2. The third kappa shape index (κ3) is 3.80. The van der Waals surface area contributed by atoms with E-state index < -0.39 is 10.9 Å². The molecule has 0 aliphatic heterocycles. The van der Waals surface area contributed by atoms with Crippen molar-refractivity contribution in [2.45, 2.75) is 6.92 Å². The van der Waals surface area contributed by atoms with E-state index in [9.17, 15) is 14.9 Å². The van der Waals surface area contributed by atoms with Gasteiger partial charge in [0.15, 0.2) is 0 Å². The van der Waals surface area contributed by atoms with Crippen LogP contribution >= 0.6 is 11.6 Å². The average molecular weight is 390 g/mol. The number of non-ortho nitro benzene ring substituents is 1. The summed E-state index contributed by atoms with van der Waals surface area (Å²) in [6, 6.07) is 9.53. The minimum atomic E-state index is -0.585. The first-order chi connectivity index (χ1) is 12.9. The molecule has 8 nitrogen and oxygen atoms in total. The van der Waals surface area contributed by atoms with Crippen molar-refractivity contribution in [3.05, 3.63) is 57.2 Å². The fourth-order valence-corrected chi connectivity index (χ4v) is 2.92. The van der Waals surface area contributed by atoms with Gasteiger partial charge in [0.2, 0.25) is 0 Å². The van der Waals surface area contributed by atoms with Gasteiger partial charge in [0.05, 0.1) is 18.6 Å². The standard InChI is InChI=1S/C18H16ClN3O5/c1-3-27-18(23)15-9-13-14(4-5-16(22(24)25)17(13)21-15)20-11-6-10(19)7-12(8-11)26-2/h4-9,20-21H,3H2,1-2H3. The van der Waals surface area contributed by atoms with E-state index in [2.05, 4.69) is 10.3 Å². The van der Waals surface area contributed by atoms with Crippen molar-refractivity contribution in [3.63, 3.8) is 0 Å². The van der Waals surface area contributed by atoms with E-state index in [0.717, 1.165) is 0 Å². The van der Waals surface area contributed by atoms with Crippen molar-refractivity contribution < 1.29 is 19.2 Å². The van der Waals surface area contributed by atoms with Gasteiger partial charge in [-0.05, 0) is 31.2 Å². The normalized spacial score (nSPS) is 10.6. The minimum Gasteiger partial charge on any atom is -0.497 e. The van der Waals surface area contributed by atoms with E-state index in [1.165, 1.54) is 19.2 Å². The molecule has 0 fully saturated rings. The number of nitrogens with zero attached hydrogens (tertiary/aromatic N) is 1. The lowest BCUT2D eigenvalue weighted by Gasteiger charge is -2.10. The number of nitro groups is 1. The monoisotopic (exact) mass is 389 g/mol. The molecule has 3 aromatic rings. The summed E-state index contributed by atoms with van der Waals surface area (Å²) in [5, 5.41) is 15.4. The fourth-order valence-electron chi connectivity index (χ4n) is 2.69. The highest BCUT2D eigenvalue weighted by Crippen LogP contribution is 2.35. The van der Waals surface area contributed by atoms with Crippen LogP contribution in [0.5, 0.6) is 5.75 Å². The van der Waals surface area contributed by atoms with Crippen LogP contribution in [0.4, 0.5) is 17.1 Å². The smallest absolute Gasteiger partial charge is 0.354 e. The average Bonchev–Trinajstić information content (AvgIpc) is 3.07. The van der Waals surface area contributed by atoms with Crippen molar-refractivity contribution in [2.75, 3.05) is 19.0 Å². The molecule has 2 N–H and O–H groups in total. The third-order valence-corrected chi connectivity index (χ3v) is 4.07. The number of carbonyl (C=O) groups excluding carboxylic acids is 1. The topological polar surface area (TPSA) is 106 Å². The largest absolute Gasteiger partial charge is 0.497 e. The summed E-state index contributed by atoms with van der Waals surface area (Å²) in [6.07, 6.45) is 0. The number of aromatic nitrogens is 1. The Morgan fingerprint density at radius 2 is 2.07 bits per heavy atom. The van der Waals surface area contributed by atoms with Gasteiger partial charge in [-0.15, -0.1) is 0 Å². The molecule has 0 aliphatic rings. The highest BCUT2D eigenvalue weighted by Gasteiger charge is 2.20. The zero-order valence-corrected chi connectivity index (χ0v) is 15.3. The molecule has 27 heavy (non-hydrogen) atoms. The van der Waals surface area contributed by atoms with Crippen LogP contribution in [0.3, 0.4) is 0 Å². The molecule has 0 atom stereocenters. The quantitative estimate of drug-likeness (QED) is 0.361. The Morgan fingerprint density at radius 3 is 2.74 bits per heavy atom. The van der Waals surface area contributed by atoms with E-state index in [1.54, 1.807) is 31.2 Å². The number of fused-ring (bicyclic) bond motifs is 1. The maximum absolute atomic E-state index is 12.0. The van der Waals surface area contributed by atoms with Gasteiger partial charge in [0.1, 0.15) is 17.0 Å². The maximum Gasteiger partial charge on any atom is 0.354 e. The van der Waals surface area contributed by atoms with Gasteiger partial charge in [-0.25, -0.2) is 4.79 Å². The first kappa shape index (κ1) is 18.5. The van der Waals surface area contributed by atoms with Crippen molar-refractivity contribution in [3.8, 4) is 5.75 Å². The van der Waals surface area contributed by atoms with Crippen molar-refractivity contribution >= 4 is 45.5 Å². The lowest BCUT2D eigenvalue weighted by molar-refractivity contribution is -0.383. The molecule has 0 saturated heterocycles. The molecule has 2 aromatic carbocycles. The summed E-state index contributed by atoms with van der Waals surface area (Å²) in [7, 11) is 1.53. The molecular weight excluding hydrogens is 374 g/mol. The highest BCUT2D eigenvalue weighted by atomic mass is 35.5. The number of halogens is 1. The molecule has 140 valence electrons. The van der Waals surface area contributed by atoms with Crippen LogP contribution in [0, 0.1) is 10.1 Å². The zero-order valence-electron chi connectivity index (χ0n) is 14.5.